The zero-order chi connectivity index (χ0) is 10.7. The van der Waals surface area contributed by atoms with E-state index in [9.17, 15) is 4.79 Å². The third-order valence-electron chi connectivity index (χ3n) is 1.84. The lowest BCUT2D eigenvalue weighted by Crippen LogP contribution is -2.37. The summed E-state index contributed by atoms with van der Waals surface area (Å²) < 4.78 is 0. The maximum absolute atomic E-state index is 11.7. The number of amides is 1. The molecule has 0 fully saturated rings. The van der Waals surface area contributed by atoms with E-state index in [1.54, 1.807) is 0 Å². The number of rotatable bonds is 3. The average Bonchev–Trinajstić information content (AvgIpc) is 2.45. The third-order valence-corrected chi connectivity index (χ3v) is 2.91. The second-order valence-corrected chi connectivity index (χ2v) is 4.46. The van der Waals surface area contributed by atoms with E-state index in [1.165, 1.54) is 11.3 Å². The van der Waals surface area contributed by atoms with Crippen LogP contribution in [0.1, 0.15) is 27.3 Å². The first-order valence-corrected chi connectivity index (χ1v) is 5.31. The summed E-state index contributed by atoms with van der Waals surface area (Å²) in [5, 5.41) is 3.72. The van der Waals surface area contributed by atoms with Crippen LogP contribution >= 0.6 is 11.3 Å². The first-order chi connectivity index (χ1) is 6.54. The summed E-state index contributed by atoms with van der Waals surface area (Å²) >= 11 is 1.41. The van der Waals surface area contributed by atoms with Crippen molar-refractivity contribution in [3.8, 4) is 0 Å². The van der Waals surface area contributed by atoms with Gasteiger partial charge in [0.25, 0.3) is 5.91 Å². The van der Waals surface area contributed by atoms with Gasteiger partial charge in [0.1, 0.15) is 4.88 Å². The fourth-order valence-electron chi connectivity index (χ4n) is 1.09. The number of nitrogens with two attached hydrogens (primary N) is 1. The minimum absolute atomic E-state index is 0.00399. The van der Waals surface area contributed by atoms with E-state index in [0.717, 1.165) is 10.7 Å². The van der Waals surface area contributed by atoms with Crippen molar-refractivity contribution in [2.45, 2.75) is 26.8 Å². The Kier molecular flexibility index (Phi) is 3.60. The Bertz CT molecular complexity index is 335. The number of aryl methyl sites for hydroxylation is 2. The second-order valence-electron chi connectivity index (χ2n) is 3.26. The number of aromatic nitrogens is 1. The predicted octanol–water partition coefficient (Wildman–Crippen LogP) is 0.837. The SMILES string of the molecule is Cc1nc(C)c(C(=O)NC(C)CN)s1. The molecule has 1 atom stereocenters. The Labute approximate surface area is 87.5 Å². The molecule has 0 bridgehead atoms. The van der Waals surface area contributed by atoms with Crippen LogP contribution in [0.25, 0.3) is 0 Å². The first kappa shape index (κ1) is 11.1. The van der Waals surface area contributed by atoms with Gasteiger partial charge in [0.2, 0.25) is 0 Å². The Morgan fingerprint density at radius 2 is 2.29 bits per heavy atom. The van der Waals surface area contributed by atoms with Crippen LogP contribution in [0.4, 0.5) is 0 Å². The van der Waals surface area contributed by atoms with Crippen molar-refractivity contribution in [2.75, 3.05) is 6.54 Å². The molecule has 0 aliphatic carbocycles. The van der Waals surface area contributed by atoms with Gasteiger partial charge < -0.3 is 11.1 Å². The Balaban J connectivity index is 2.74. The van der Waals surface area contributed by atoms with E-state index in [4.69, 9.17) is 5.73 Å². The fourth-order valence-corrected chi connectivity index (χ4v) is 1.91. The minimum Gasteiger partial charge on any atom is -0.348 e. The molecule has 1 heterocycles. The monoisotopic (exact) mass is 213 g/mol. The summed E-state index contributed by atoms with van der Waals surface area (Å²) in [6, 6.07) is 0.00399. The maximum Gasteiger partial charge on any atom is 0.263 e. The Morgan fingerprint density at radius 3 is 2.71 bits per heavy atom. The smallest absolute Gasteiger partial charge is 0.263 e. The molecule has 0 aliphatic rings. The molecule has 3 N–H and O–H groups in total. The number of nitrogens with zero attached hydrogens (tertiary/aromatic N) is 1. The summed E-state index contributed by atoms with van der Waals surface area (Å²) in [4.78, 5) is 16.5. The maximum atomic E-state index is 11.7. The van der Waals surface area contributed by atoms with Crippen LogP contribution in [0, 0.1) is 13.8 Å². The number of thiazole rings is 1. The van der Waals surface area contributed by atoms with Crippen molar-refractivity contribution in [3.63, 3.8) is 0 Å². The summed E-state index contributed by atoms with van der Waals surface area (Å²) in [6.07, 6.45) is 0. The van der Waals surface area contributed by atoms with Crippen molar-refractivity contribution in [2.24, 2.45) is 5.73 Å². The van der Waals surface area contributed by atoms with Crippen molar-refractivity contribution in [1.29, 1.82) is 0 Å². The van der Waals surface area contributed by atoms with Crippen LogP contribution in [0.2, 0.25) is 0 Å². The van der Waals surface area contributed by atoms with Crippen LogP contribution in [0.3, 0.4) is 0 Å². The highest BCUT2D eigenvalue weighted by molar-refractivity contribution is 7.13. The third kappa shape index (κ3) is 2.52. The molecule has 1 amide bonds. The molecule has 1 aromatic rings. The molecule has 1 rings (SSSR count). The highest BCUT2D eigenvalue weighted by Gasteiger charge is 2.14. The molecular weight excluding hydrogens is 198 g/mol. The molecule has 1 unspecified atom stereocenters. The number of carbonyl (C=O) groups is 1. The van der Waals surface area contributed by atoms with Gasteiger partial charge in [0, 0.05) is 12.6 Å². The van der Waals surface area contributed by atoms with Crippen molar-refractivity contribution in [3.05, 3.63) is 15.6 Å². The highest BCUT2D eigenvalue weighted by atomic mass is 32.1. The lowest BCUT2D eigenvalue weighted by Gasteiger charge is -2.09. The van der Waals surface area contributed by atoms with E-state index in [-0.39, 0.29) is 11.9 Å². The van der Waals surface area contributed by atoms with Gasteiger partial charge in [-0.15, -0.1) is 11.3 Å². The van der Waals surface area contributed by atoms with Crippen LogP contribution in [-0.2, 0) is 0 Å². The fraction of sp³-hybridized carbons (Fsp3) is 0.556. The molecule has 0 radical (unpaired) electrons. The van der Waals surface area contributed by atoms with Crippen molar-refractivity contribution in [1.82, 2.24) is 10.3 Å². The molecule has 5 heteroatoms. The van der Waals surface area contributed by atoms with Gasteiger partial charge >= 0.3 is 0 Å². The molecule has 0 aliphatic heterocycles. The Hall–Kier alpha value is -0.940. The van der Waals surface area contributed by atoms with E-state index in [0.29, 0.717) is 11.4 Å². The largest absolute Gasteiger partial charge is 0.348 e. The van der Waals surface area contributed by atoms with E-state index in [1.807, 2.05) is 20.8 Å². The number of hydrogen-bond donors (Lipinski definition) is 2. The first-order valence-electron chi connectivity index (χ1n) is 4.49. The van der Waals surface area contributed by atoms with Crippen molar-refractivity contribution >= 4 is 17.2 Å². The lowest BCUT2D eigenvalue weighted by molar-refractivity contribution is 0.0944. The molecular formula is C9H15N3OS. The van der Waals surface area contributed by atoms with Crippen LogP contribution in [0.5, 0.6) is 0 Å². The zero-order valence-corrected chi connectivity index (χ0v) is 9.44. The van der Waals surface area contributed by atoms with Gasteiger partial charge in [0.05, 0.1) is 10.7 Å². The topological polar surface area (TPSA) is 68.0 Å². The highest BCUT2D eigenvalue weighted by Crippen LogP contribution is 2.16. The summed E-state index contributed by atoms with van der Waals surface area (Å²) in [6.45, 7) is 6.05. The van der Waals surface area contributed by atoms with Crippen LogP contribution in [-0.4, -0.2) is 23.5 Å². The summed E-state index contributed by atoms with van der Waals surface area (Å²) in [5.74, 6) is -0.0777. The van der Waals surface area contributed by atoms with E-state index in [2.05, 4.69) is 10.3 Å². The van der Waals surface area contributed by atoms with Gasteiger partial charge in [-0.2, -0.15) is 0 Å². The van der Waals surface area contributed by atoms with E-state index < -0.39 is 0 Å². The van der Waals surface area contributed by atoms with Gasteiger partial charge in [-0.25, -0.2) is 4.98 Å². The lowest BCUT2D eigenvalue weighted by atomic mass is 10.3. The number of nitrogens with one attached hydrogen (secondary N) is 1. The number of hydrogen-bond acceptors (Lipinski definition) is 4. The Morgan fingerprint density at radius 1 is 1.64 bits per heavy atom. The molecule has 0 saturated heterocycles. The van der Waals surface area contributed by atoms with Gasteiger partial charge in [-0.1, -0.05) is 0 Å². The summed E-state index contributed by atoms with van der Waals surface area (Å²) in [7, 11) is 0. The normalized spacial score (nSPS) is 12.6. The second kappa shape index (κ2) is 4.52. The molecule has 1 aromatic heterocycles. The van der Waals surface area contributed by atoms with Crippen molar-refractivity contribution < 1.29 is 4.79 Å². The van der Waals surface area contributed by atoms with Gasteiger partial charge in [-0.3, -0.25) is 4.79 Å². The standard InChI is InChI=1S/C9H15N3OS/c1-5(4-10)11-9(13)8-6(2)12-7(3)14-8/h5H,4,10H2,1-3H3,(H,11,13). The molecule has 0 saturated carbocycles. The van der Waals surface area contributed by atoms with Crippen LogP contribution < -0.4 is 11.1 Å². The van der Waals surface area contributed by atoms with Gasteiger partial charge in [-0.05, 0) is 20.8 Å². The van der Waals surface area contributed by atoms with Crippen LogP contribution in [0.15, 0.2) is 0 Å². The van der Waals surface area contributed by atoms with Gasteiger partial charge in [0.15, 0.2) is 0 Å². The predicted molar refractivity (Wildman–Crippen MR) is 57.6 cm³/mol. The summed E-state index contributed by atoms with van der Waals surface area (Å²) in [5.41, 5.74) is 6.20. The molecule has 78 valence electrons. The average molecular weight is 213 g/mol. The minimum atomic E-state index is -0.0777. The zero-order valence-electron chi connectivity index (χ0n) is 8.63. The number of carbonyl (C=O) groups excluding carboxylic acids is 1. The molecule has 14 heavy (non-hydrogen) atoms. The molecule has 0 aromatic carbocycles. The quantitative estimate of drug-likeness (QED) is 0.781. The molecule has 0 spiro atoms. The molecule has 4 nitrogen and oxygen atoms in total. The van der Waals surface area contributed by atoms with E-state index >= 15 is 0 Å².